The molecule has 1 aromatic heterocycles. The zero-order valence-electron chi connectivity index (χ0n) is 14.9. The van der Waals surface area contributed by atoms with Crippen molar-refractivity contribution >= 4 is 11.9 Å². The van der Waals surface area contributed by atoms with Gasteiger partial charge >= 0.3 is 11.9 Å². The van der Waals surface area contributed by atoms with E-state index in [1.54, 1.807) is 24.0 Å². The van der Waals surface area contributed by atoms with Crippen molar-refractivity contribution in [2.75, 3.05) is 13.2 Å². The number of unbranched alkanes of at least 4 members (excludes halogenated alkanes) is 1. The number of hydrogen-bond acceptors (Lipinski definition) is 5. The average Bonchev–Trinajstić information content (AvgIpc) is 2.86. The molecular weight excluding hydrogens is 312 g/mol. The fraction of sp³-hybridized carbons (Fsp3) is 0.706. The van der Waals surface area contributed by atoms with Gasteiger partial charge in [-0.25, -0.2) is 0 Å². The van der Waals surface area contributed by atoms with Crippen molar-refractivity contribution < 1.29 is 24.2 Å². The van der Waals surface area contributed by atoms with E-state index in [2.05, 4.69) is 5.10 Å². The second kappa shape index (κ2) is 9.42. The van der Waals surface area contributed by atoms with Crippen LogP contribution in [0.15, 0.2) is 12.3 Å². The molecule has 0 aliphatic heterocycles. The van der Waals surface area contributed by atoms with Gasteiger partial charge in [-0.05, 0) is 39.7 Å². The number of rotatable bonds is 10. The van der Waals surface area contributed by atoms with Crippen LogP contribution in [0.3, 0.4) is 0 Å². The number of aryl methyl sites for hydroxylation is 1. The van der Waals surface area contributed by atoms with Gasteiger partial charge in [0.1, 0.15) is 0 Å². The molecule has 0 aliphatic carbocycles. The summed E-state index contributed by atoms with van der Waals surface area (Å²) in [7, 11) is 1.74. The Labute approximate surface area is 142 Å². The molecule has 1 atom stereocenters. The smallest absolute Gasteiger partial charge is 0.307 e. The van der Waals surface area contributed by atoms with Crippen LogP contribution in [-0.2, 0) is 32.5 Å². The van der Waals surface area contributed by atoms with Gasteiger partial charge in [0.05, 0.1) is 24.5 Å². The normalized spacial score (nSPS) is 12.8. The first-order chi connectivity index (χ1) is 11.2. The van der Waals surface area contributed by atoms with Gasteiger partial charge < -0.3 is 14.6 Å². The summed E-state index contributed by atoms with van der Waals surface area (Å²) in [5.74, 6) is -2.30. The third kappa shape index (κ3) is 8.10. The van der Waals surface area contributed by atoms with Crippen LogP contribution in [0.4, 0.5) is 0 Å². The fourth-order valence-corrected chi connectivity index (χ4v) is 2.13. The largest absolute Gasteiger partial charge is 0.481 e. The highest BCUT2D eigenvalue weighted by Crippen LogP contribution is 2.13. The Bertz CT molecular complexity index is 533. The molecule has 1 heterocycles. The van der Waals surface area contributed by atoms with Crippen molar-refractivity contribution in [2.45, 2.75) is 52.1 Å². The summed E-state index contributed by atoms with van der Waals surface area (Å²) in [5, 5.41) is 13.3. The highest BCUT2D eigenvalue weighted by molar-refractivity contribution is 5.79. The van der Waals surface area contributed by atoms with Crippen molar-refractivity contribution in [3.8, 4) is 0 Å². The van der Waals surface area contributed by atoms with E-state index in [1.165, 1.54) is 0 Å². The van der Waals surface area contributed by atoms with Crippen LogP contribution >= 0.6 is 0 Å². The second-order valence-electron chi connectivity index (χ2n) is 6.78. The van der Waals surface area contributed by atoms with Gasteiger partial charge in [-0.15, -0.1) is 0 Å². The molecule has 7 heteroatoms. The molecule has 0 bridgehead atoms. The van der Waals surface area contributed by atoms with Crippen molar-refractivity contribution in [1.82, 2.24) is 9.78 Å². The molecule has 0 radical (unpaired) electrons. The van der Waals surface area contributed by atoms with E-state index >= 15 is 0 Å². The van der Waals surface area contributed by atoms with E-state index in [1.807, 2.05) is 20.8 Å². The lowest BCUT2D eigenvalue weighted by Gasteiger charge is -2.19. The van der Waals surface area contributed by atoms with Crippen LogP contribution in [0, 0.1) is 5.92 Å². The molecule has 0 fully saturated rings. The Morgan fingerprint density at radius 2 is 1.96 bits per heavy atom. The number of esters is 1. The first-order valence-electron chi connectivity index (χ1n) is 8.18. The maximum atomic E-state index is 11.8. The Kier molecular flexibility index (Phi) is 7.91. The summed E-state index contributed by atoms with van der Waals surface area (Å²) in [6.45, 7) is 6.85. The predicted molar refractivity (Wildman–Crippen MR) is 88.6 cm³/mol. The zero-order chi connectivity index (χ0) is 18.2. The predicted octanol–water partition coefficient (Wildman–Crippen LogP) is 2.19. The molecule has 0 aliphatic rings. The van der Waals surface area contributed by atoms with Crippen molar-refractivity contribution in [2.24, 2.45) is 13.0 Å². The standard InChI is InChI=1S/C17H28N2O5/c1-17(2,3)24-10-6-5-9-23-15(20)12-13(16(21)22)11-14-7-8-18-19(14)4/h7-8,13H,5-6,9-12H2,1-4H3,(H,21,22). The maximum Gasteiger partial charge on any atom is 0.307 e. The molecular formula is C17H28N2O5. The molecule has 7 nitrogen and oxygen atoms in total. The van der Waals surface area contributed by atoms with Gasteiger partial charge in [-0.3, -0.25) is 14.3 Å². The summed E-state index contributed by atoms with van der Waals surface area (Å²) >= 11 is 0. The summed E-state index contributed by atoms with van der Waals surface area (Å²) in [6, 6.07) is 1.75. The highest BCUT2D eigenvalue weighted by Gasteiger charge is 2.23. The maximum absolute atomic E-state index is 11.8. The van der Waals surface area contributed by atoms with Crippen LogP contribution in [0.25, 0.3) is 0 Å². The van der Waals surface area contributed by atoms with E-state index < -0.39 is 17.9 Å². The Morgan fingerprint density at radius 1 is 1.29 bits per heavy atom. The monoisotopic (exact) mass is 340 g/mol. The molecule has 0 spiro atoms. The van der Waals surface area contributed by atoms with Crippen LogP contribution in [0.2, 0.25) is 0 Å². The average molecular weight is 340 g/mol. The van der Waals surface area contributed by atoms with Gasteiger partial charge in [-0.2, -0.15) is 5.10 Å². The number of hydrogen-bond donors (Lipinski definition) is 1. The van der Waals surface area contributed by atoms with Gasteiger partial charge in [0.2, 0.25) is 0 Å². The lowest BCUT2D eigenvalue weighted by molar-refractivity contribution is -0.151. The number of carbonyl (C=O) groups is 2. The minimum absolute atomic E-state index is 0.140. The van der Waals surface area contributed by atoms with Gasteiger partial charge in [-0.1, -0.05) is 0 Å². The first kappa shape index (κ1) is 20.2. The molecule has 0 aromatic carbocycles. The van der Waals surface area contributed by atoms with Crippen LogP contribution in [0.1, 0.15) is 45.7 Å². The molecule has 0 saturated heterocycles. The summed E-state index contributed by atoms with van der Waals surface area (Å²) in [4.78, 5) is 23.2. The zero-order valence-corrected chi connectivity index (χ0v) is 14.9. The third-order valence-corrected chi connectivity index (χ3v) is 3.48. The number of nitrogens with zero attached hydrogens (tertiary/aromatic N) is 2. The lowest BCUT2D eigenvalue weighted by atomic mass is 10.00. The summed E-state index contributed by atoms with van der Waals surface area (Å²) in [6.07, 6.45) is 3.20. The molecule has 1 unspecified atom stereocenters. The van der Waals surface area contributed by atoms with E-state index in [9.17, 15) is 14.7 Å². The van der Waals surface area contributed by atoms with Gasteiger partial charge in [0.15, 0.2) is 0 Å². The topological polar surface area (TPSA) is 90.7 Å². The first-order valence-corrected chi connectivity index (χ1v) is 8.18. The molecule has 136 valence electrons. The molecule has 1 N–H and O–H groups in total. The van der Waals surface area contributed by atoms with Crippen LogP contribution in [0.5, 0.6) is 0 Å². The lowest BCUT2D eigenvalue weighted by Crippen LogP contribution is -2.23. The number of aliphatic carboxylic acids is 1. The van der Waals surface area contributed by atoms with E-state index in [0.29, 0.717) is 13.0 Å². The molecule has 0 saturated carbocycles. The summed E-state index contributed by atoms with van der Waals surface area (Å²) in [5.41, 5.74) is 0.603. The van der Waals surface area contributed by atoms with E-state index in [4.69, 9.17) is 9.47 Å². The quantitative estimate of drug-likeness (QED) is 0.519. The third-order valence-electron chi connectivity index (χ3n) is 3.48. The Balaban J connectivity index is 2.28. The Hall–Kier alpha value is -1.89. The molecule has 1 rings (SSSR count). The van der Waals surface area contributed by atoms with Crippen LogP contribution < -0.4 is 0 Å². The van der Waals surface area contributed by atoms with Gasteiger partial charge in [0, 0.05) is 32.0 Å². The van der Waals surface area contributed by atoms with E-state index in [0.717, 1.165) is 12.1 Å². The van der Waals surface area contributed by atoms with Crippen molar-refractivity contribution in [3.63, 3.8) is 0 Å². The fourth-order valence-electron chi connectivity index (χ4n) is 2.13. The molecule has 24 heavy (non-hydrogen) atoms. The second-order valence-corrected chi connectivity index (χ2v) is 6.78. The minimum atomic E-state index is -1.01. The highest BCUT2D eigenvalue weighted by atomic mass is 16.5. The number of aromatic nitrogens is 2. The number of carboxylic acid groups (broad SMARTS) is 1. The van der Waals surface area contributed by atoms with Crippen molar-refractivity contribution in [1.29, 1.82) is 0 Å². The van der Waals surface area contributed by atoms with E-state index in [-0.39, 0.29) is 25.0 Å². The molecule has 0 amide bonds. The number of ether oxygens (including phenoxy) is 2. The Morgan fingerprint density at radius 3 is 2.50 bits per heavy atom. The van der Waals surface area contributed by atoms with Crippen LogP contribution in [-0.4, -0.2) is 45.6 Å². The minimum Gasteiger partial charge on any atom is -0.481 e. The molecule has 1 aromatic rings. The SMILES string of the molecule is Cn1nccc1CC(CC(=O)OCCCCOC(C)(C)C)C(=O)O. The summed E-state index contributed by atoms with van der Waals surface area (Å²) < 4.78 is 12.3. The number of carboxylic acids is 1. The van der Waals surface area contributed by atoms with Crippen molar-refractivity contribution in [3.05, 3.63) is 18.0 Å². The number of carbonyl (C=O) groups excluding carboxylic acids is 1. The van der Waals surface area contributed by atoms with Gasteiger partial charge in [0.25, 0.3) is 0 Å².